The Bertz CT molecular complexity index is 523. The van der Waals surface area contributed by atoms with Crippen molar-refractivity contribution in [3.8, 4) is 5.75 Å². The van der Waals surface area contributed by atoms with Crippen LogP contribution in [0.25, 0.3) is 6.08 Å². The first-order valence-electron chi connectivity index (χ1n) is 6.93. The van der Waals surface area contributed by atoms with Gasteiger partial charge in [-0.3, -0.25) is 0 Å². The van der Waals surface area contributed by atoms with E-state index < -0.39 is 5.97 Å². The van der Waals surface area contributed by atoms with E-state index in [9.17, 15) is 4.79 Å². The summed E-state index contributed by atoms with van der Waals surface area (Å²) in [5, 5.41) is 8.51. The molecule has 0 bridgehead atoms. The summed E-state index contributed by atoms with van der Waals surface area (Å²) in [5.41, 5.74) is 2.98. The topological polar surface area (TPSA) is 65.0 Å². The summed E-state index contributed by atoms with van der Waals surface area (Å²) in [6.45, 7) is 5.13. The first-order chi connectivity index (χ1) is 10.5. The number of carboxylic acids is 1. The van der Waals surface area contributed by atoms with Crippen molar-refractivity contribution in [2.24, 2.45) is 0 Å². The highest BCUT2D eigenvalue weighted by Crippen LogP contribution is 2.25. The maximum absolute atomic E-state index is 10.4. The first kappa shape index (κ1) is 17.9. The summed E-state index contributed by atoms with van der Waals surface area (Å²) in [4.78, 5) is 10.4. The Labute approximate surface area is 130 Å². The van der Waals surface area contributed by atoms with Gasteiger partial charge in [0.15, 0.2) is 6.79 Å². The van der Waals surface area contributed by atoms with E-state index in [1.165, 1.54) is 6.08 Å². The molecule has 1 rings (SSSR count). The molecule has 0 atom stereocenters. The molecule has 0 aliphatic carbocycles. The minimum Gasteiger partial charge on any atom is -0.478 e. The van der Waals surface area contributed by atoms with Crippen molar-refractivity contribution in [3.63, 3.8) is 0 Å². The van der Waals surface area contributed by atoms with E-state index in [1.807, 2.05) is 32.1 Å². The average molecular weight is 306 g/mol. The lowest BCUT2D eigenvalue weighted by atomic mass is 10.1. The molecule has 1 aromatic carbocycles. The second-order valence-electron chi connectivity index (χ2n) is 4.70. The number of ether oxygens (including phenoxy) is 3. The standard InChI is InChI=1S/C17H22O5/c1-13-10-15(6-4-5-7-16(18)19)11-14(2)17(13)22-12-21-9-8-20-3/h4-7,10-11H,8-9,12H2,1-3H3,(H,18,19). The second kappa shape index (κ2) is 9.76. The minimum atomic E-state index is -0.964. The van der Waals surface area contributed by atoms with Gasteiger partial charge in [0.05, 0.1) is 13.2 Å². The van der Waals surface area contributed by atoms with E-state index in [4.69, 9.17) is 19.3 Å². The largest absolute Gasteiger partial charge is 0.478 e. The van der Waals surface area contributed by atoms with Crippen molar-refractivity contribution in [2.45, 2.75) is 13.8 Å². The average Bonchev–Trinajstić information content (AvgIpc) is 2.45. The van der Waals surface area contributed by atoms with Gasteiger partial charge in [-0.2, -0.15) is 0 Å². The predicted octanol–water partition coefficient (Wildman–Crippen LogP) is 2.96. The van der Waals surface area contributed by atoms with Crippen LogP contribution >= 0.6 is 0 Å². The van der Waals surface area contributed by atoms with Crippen LogP contribution in [0.15, 0.2) is 30.4 Å². The molecule has 0 aromatic heterocycles. The number of methoxy groups -OCH3 is 1. The quantitative estimate of drug-likeness (QED) is 0.329. The molecule has 0 radical (unpaired) electrons. The lowest BCUT2D eigenvalue weighted by molar-refractivity contribution is -0.131. The Hall–Kier alpha value is -2.11. The fourth-order valence-corrected chi connectivity index (χ4v) is 1.91. The molecule has 5 nitrogen and oxygen atoms in total. The highest BCUT2D eigenvalue weighted by molar-refractivity contribution is 5.80. The van der Waals surface area contributed by atoms with E-state index >= 15 is 0 Å². The fourth-order valence-electron chi connectivity index (χ4n) is 1.91. The molecular weight excluding hydrogens is 284 g/mol. The molecule has 0 aliphatic rings. The molecule has 0 fully saturated rings. The van der Waals surface area contributed by atoms with Crippen molar-refractivity contribution in [3.05, 3.63) is 47.1 Å². The van der Waals surface area contributed by atoms with E-state index in [0.29, 0.717) is 13.2 Å². The smallest absolute Gasteiger partial charge is 0.328 e. The van der Waals surface area contributed by atoms with Gasteiger partial charge < -0.3 is 19.3 Å². The summed E-state index contributed by atoms with van der Waals surface area (Å²) in [6.07, 6.45) is 6.11. The predicted molar refractivity (Wildman–Crippen MR) is 85.0 cm³/mol. The number of hydrogen-bond donors (Lipinski definition) is 1. The van der Waals surface area contributed by atoms with Crippen LogP contribution in [0.2, 0.25) is 0 Å². The van der Waals surface area contributed by atoms with Crippen LogP contribution in [-0.2, 0) is 14.3 Å². The summed E-state index contributed by atoms with van der Waals surface area (Å²) in [6, 6.07) is 3.95. The number of carboxylic acid groups (broad SMARTS) is 1. The molecule has 0 spiro atoms. The summed E-state index contributed by atoms with van der Waals surface area (Å²) >= 11 is 0. The van der Waals surface area contributed by atoms with Gasteiger partial charge in [-0.1, -0.05) is 18.2 Å². The molecule has 0 saturated carbocycles. The zero-order valence-electron chi connectivity index (χ0n) is 13.2. The van der Waals surface area contributed by atoms with Crippen LogP contribution in [-0.4, -0.2) is 38.2 Å². The SMILES string of the molecule is COCCOCOc1c(C)cc(C=CC=CC(=O)O)cc1C. The molecule has 0 aliphatic heterocycles. The third kappa shape index (κ3) is 6.56. The highest BCUT2D eigenvalue weighted by atomic mass is 16.7. The van der Waals surface area contributed by atoms with Crippen LogP contribution in [0, 0.1) is 13.8 Å². The number of hydrogen-bond acceptors (Lipinski definition) is 4. The number of aliphatic carboxylic acids is 1. The highest BCUT2D eigenvalue weighted by Gasteiger charge is 2.05. The third-order valence-electron chi connectivity index (χ3n) is 2.84. The number of allylic oxidation sites excluding steroid dienone is 2. The van der Waals surface area contributed by atoms with Crippen LogP contribution in [0.1, 0.15) is 16.7 Å². The molecule has 0 amide bonds. The molecule has 22 heavy (non-hydrogen) atoms. The molecule has 0 heterocycles. The number of rotatable bonds is 9. The van der Waals surface area contributed by atoms with Gasteiger partial charge in [-0.05, 0) is 42.7 Å². The zero-order valence-corrected chi connectivity index (χ0v) is 13.2. The summed E-state index contributed by atoms with van der Waals surface area (Å²) < 4.78 is 15.8. The molecular formula is C17H22O5. The summed E-state index contributed by atoms with van der Waals surface area (Å²) in [7, 11) is 1.62. The van der Waals surface area contributed by atoms with Gasteiger partial charge in [0, 0.05) is 13.2 Å². The van der Waals surface area contributed by atoms with Gasteiger partial charge in [0.2, 0.25) is 0 Å². The minimum absolute atomic E-state index is 0.182. The first-order valence-corrected chi connectivity index (χ1v) is 6.93. The third-order valence-corrected chi connectivity index (χ3v) is 2.84. The molecule has 5 heteroatoms. The maximum Gasteiger partial charge on any atom is 0.328 e. The van der Waals surface area contributed by atoms with Crippen molar-refractivity contribution in [2.75, 3.05) is 27.1 Å². The van der Waals surface area contributed by atoms with Crippen LogP contribution in [0.5, 0.6) is 5.75 Å². The molecule has 0 unspecified atom stereocenters. The molecule has 0 saturated heterocycles. The van der Waals surface area contributed by atoms with E-state index in [-0.39, 0.29) is 6.79 Å². The molecule has 1 aromatic rings. The van der Waals surface area contributed by atoms with Gasteiger partial charge in [0.1, 0.15) is 5.75 Å². The Morgan fingerprint density at radius 2 is 1.86 bits per heavy atom. The van der Waals surface area contributed by atoms with Crippen LogP contribution in [0.4, 0.5) is 0 Å². The zero-order chi connectivity index (χ0) is 16.4. The van der Waals surface area contributed by atoms with Crippen molar-refractivity contribution in [1.29, 1.82) is 0 Å². The van der Waals surface area contributed by atoms with Crippen LogP contribution < -0.4 is 4.74 Å². The lowest BCUT2D eigenvalue weighted by Gasteiger charge is -2.13. The monoisotopic (exact) mass is 306 g/mol. The number of benzene rings is 1. The number of aryl methyl sites for hydroxylation is 2. The van der Waals surface area contributed by atoms with Crippen molar-refractivity contribution in [1.82, 2.24) is 0 Å². The molecule has 1 N–H and O–H groups in total. The van der Waals surface area contributed by atoms with E-state index in [1.54, 1.807) is 13.2 Å². The van der Waals surface area contributed by atoms with Gasteiger partial charge in [-0.15, -0.1) is 0 Å². The second-order valence-corrected chi connectivity index (χ2v) is 4.70. The molecule has 120 valence electrons. The Kier molecular flexibility index (Phi) is 7.96. The van der Waals surface area contributed by atoms with Gasteiger partial charge in [0.25, 0.3) is 0 Å². The Balaban J connectivity index is 2.65. The van der Waals surface area contributed by atoms with E-state index in [0.717, 1.165) is 28.5 Å². The van der Waals surface area contributed by atoms with Crippen molar-refractivity contribution < 1.29 is 24.1 Å². The van der Waals surface area contributed by atoms with Gasteiger partial charge in [-0.25, -0.2) is 4.79 Å². The lowest BCUT2D eigenvalue weighted by Crippen LogP contribution is -2.09. The summed E-state index contributed by atoms with van der Waals surface area (Å²) in [5.74, 6) is -0.162. The number of carbonyl (C=O) groups is 1. The fraction of sp³-hybridized carbons (Fsp3) is 0.353. The van der Waals surface area contributed by atoms with Crippen LogP contribution in [0.3, 0.4) is 0 Å². The normalized spacial score (nSPS) is 11.4. The Morgan fingerprint density at radius 1 is 1.18 bits per heavy atom. The Morgan fingerprint density at radius 3 is 2.45 bits per heavy atom. The van der Waals surface area contributed by atoms with E-state index in [2.05, 4.69) is 0 Å². The maximum atomic E-state index is 10.4. The van der Waals surface area contributed by atoms with Gasteiger partial charge >= 0.3 is 5.97 Å². The van der Waals surface area contributed by atoms with Crippen molar-refractivity contribution >= 4 is 12.0 Å².